The Labute approximate surface area is 149 Å². The molecule has 10 heteroatoms. The number of methoxy groups -OCH3 is 2. The Kier molecular flexibility index (Phi) is 5.46. The van der Waals surface area contributed by atoms with E-state index in [-0.39, 0.29) is 27.6 Å². The van der Waals surface area contributed by atoms with Gasteiger partial charge in [0.15, 0.2) is 0 Å². The van der Waals surface area contributed by atoms with Gasteiger partial charge in [-0.1, -0.05) is 6.07 Å². The first kappa shape index (κ1) is 19.2. The summed E-state index contributed by atoms with van der Waals surface area (Å²) in [7, 11) is -1.65. The minimum absolute atomic E-state index is 0.0597. The molecule has 0 fully saturated rings. The zero-order valence-electron chi connectivity index (χ0n) is 14.2. The number of ether oxygens (including phenoxy) is 2. The fraction of sp³-hybridized carbons (Fsp3) is 0.188. The molecule has 0 amide bonds. The normalized spacial score (nSPS) is 10.9. The average Bonchev–Trinajstić information content (AvgIpc) is 2.60. The molecule has 0 aliphatic carbocycles. The first-order valence-corrected chi connectivity index (χ1v) is 8.72. The molecule has 0 bridgehead atoms. The van der Waals surface area contributed by atoms with Crippen molar-refractivity contribution in [2.45, 2.75) is 11.8 Å². The van der Waals surface area contributed by atoms with Crippen molar-refractivity contribution in [2.24, 2.45) is 0 Å². The number of carbonyl (C=O) groups is 1. The van der Waals surface area contributed by atoms with Crippen molar-refractivity contribution >= 4 is 27.4 Å². The highest BCUT2D eigenvalue weighted by atomic mass is 32.2. The van der Waals surface area contributed by atoms with Crippen molar-refractivity contribution < 1.29 is 27.6 Å². The molecule has 2 aromatic carbocycles. The predicted octanol–water partition coefficient (Wildman–Crippen LogP) is 2.50. The van der Waals surface area contributed by atoms with Crippen molar-refractivity contribution in [2.75, 3.05) is 18.9 Å². The molecule has 0 saturated heterocycles. The summed E-state index contributed by atoms with van der Waals surface area (Å²) in [5.41, 5.74) is 0.0483. The molecular weight excluding hydrogens is 364 g/mol. The van der Waals surface area contributed by atoms with Gasteiger partial charge in [0.05, 0.1) is 35.3 Å². The summed E-state index contributed by atoms with van der Waals surface area (Å²) in [6, 6.07) is 7.61. The number of nitro groups is 1. The molecule has 0 unspecified atom stereocenters. The van der Waals surface area contributed by atoms with Crippen LogP contribution in [0, 0.1) is 17.0 Å². The van der Waals surface area contributed by atoms with Gasteiger partial charge in [0.1, 0.15) is 5.75 Å². The van der Waals surface area contributed by atoms with Gasteiger partial charge in [0, 0.05) is 12.1 Å². The number of rotatable bonds is 6. The standard InChI is InChI=1S/C16H16N2O7S/c1-10-4-5-11(16(19)25-3)8-15(10)26(22,23)17-13-9-12(18(20)21)6-7-14(13)24-2/h4-9,17H,1-3H3. The fourth-order valence-electron chi connectivity index (χ4n) is 2.22. The summed E-state index contributed by atoms with van der Waals surface area (Å²) >= 11 is 0. The Morgan fingerprint density at radius 2 is 1.85 bits per heavy atom. The topological polar surface area (TPSA) is 125 Å². The van der Waals surface area contributed by atoms with Gasteiger partial charge in [-0.15, -0.1) is 0 Å². The number of carbonyl (C=O) groups excluding carboxylic acids is 1. The molecule has 0 aliphatic heterocycles. The smallest absolute Gasteiger partial charge is 0.337 e. The zero-order valence-corrected chi connectivity index (χ0v) is 15.0. The van der Waals surface area contributed by atoms with Crippen LogP contribution < -0.4 is 9.46 Å². The lowest BCUT2D eigenvalue weighted by molar-refractivity contribution is -0.384. The van der Waals surface area contributed by atoms with E-state index in [4.69, 9.17) is 4.74 Å². The van der Waals surface area contributed by atoms with Gasteiger partial charge in [0.2, 0.25) is 0 Å². The zero-order chi connectivity index (χ0) is 19.5. The molecule has 26 heavy (non-hydrogen) atoms. The van der Waals surface area contributed by atoms with E-state index in [2.05, 4.69) is 9.46 Å². The minimum Gasteiger partial charge on any atom is -0.495 e. The number of aryl methyl sites for hydroxylation is 1. The molecule has 0 radical (unpaired) electrons. The van der Waals surface area contributed by atoms with Crippen molar-refractivity contribution in [1.82, 2.24) is 0 Å². The number of nitro benzene ring substituents is 1. The third-order valence-corrected chi connectivity index (χ3v) is 5.04. The maximum atomic E-state index is 12.7. The van der Waals surface area contributed by atoms with Crippen LogP contribution in [-0.2, 0) is 14.8 Å². The first-order valence-electron chi connectivity index (χ1n) is 7.24. The number of non-ortho nitro benzene ring substituents is 1. The highest BCUT2D eigenvalue weighted by Gasteiger charge is 2.22. The molecule has 2 rings (SSSR count). The Morgan fingerprint density at radius 1 is 1.15 bits per heavy atom. The van der Waals surface area contributed by atoms with E-state index in [0.29, 0.717) is 5.56 Å². The summed E-state index contributed by atoms with van der Waals surface area (Å²) in [6.07, 6.45) is 0. The lowest BCUT2D eigenvalue weighted by atomic mass is 10.1. The number of hydrogen-bond donors (Lipinski definition) is 1. The number of hydrogen-bond acceptors (Lipinski definition) is 7. The van der Waals surface area contributed by atoms with Gasteiger partial charge >= 0.3 is 5.97 Å². The fourth-order valence-corrected chi connectivity index (χ4v) is 3.56. The molecule has 0 heterocycles. The molecule has 0 spiro atoms. The Morgan fingerprint density at radius 3 is 2.42 bits per heavy atom. The maximum Gasteiger partial charge on any atom is 0.337 e. The molecule has 0 aliphatic rings. The second-order valence-corrected chi connectivity index (χ2v) is 6.87. The maximum absolute atomic E-state index is 12.7. The molecule has 0 aromatic heterocycles. The number of nitrogens with one attached hydrogen (secondary N) is 1. The number of nitrogens with zero attached hydrogens (tertiary/aromatic N) is 1. The van der Waals surface area contributed by atoms with Gasteiger partial charge in [-0.3, -0.25) is 14.8 Å². The van der Waals surface area contributed by atoms with Gasteiger partial charge in [-0.25, -0.2) is 13.2 Å². The van der Waals surface area contributed by atoms with Crippen molar-refractivity contribution in [3.63, 3.8) is 0 Å². The van der Waals surface area contributed by atoms with E-state index < -0.39 is 20.9 Å². The van der Waals surface area contributed by atoms with Crippen LogP contribution in [0.5, 0.6) is 5.75 Å². The lowest BCUT2D eigenvalue weighted by Crippen LogP contribution is -2.16. The van der Waals surface area contributed by atoms with E-state index >= 15 is 0 Å². The van der Waals surface area contributed by atoms with Gasteiger partial charge in [0.25, 0.3) is 15.7 Å². The van der Waals surface area contributed by atoms with E-state index in [9.17, 15) is 23.3 Å². The van der Waals surface area contributed by atoms with Gasteiger partial charge in [-0.2, -0.15) is 0 Å². The second-order valence-electron chi connectivity index (χ2n) is 5.22. The molecule has 1 N–H and O–H groups in total. The summed E-state index contributed by atoms with van der Waals surface area (Å²) in [4.78, 5) is 21.8. The van der Waals surface area contributed by atoms with Crippen LogP contribution in [0.3, 0.4) is 0 Å². The Balaban J connectivity index is 2.51. The first-order chi connectivity index (χ1) is 12.2. The molecule has 2 aromatic rings. The summed E-state index contributed by atoms with van der Waals surface area (Å²) in [5, 5.41) is 10.9. The monoisotopic (exact) mass is 380 g/mol. The second kappa shape index (κ2) is 7.40. The highest BCUT2D eigenvalue weighted by molar-refractivity contribution is 7.92. The molecule has 9 nitrogen and oxygen atoms in total. The SMILES string of the molecule is COC(=O)c1ccc(C)c(S(=O)(=O)Nc2cc([N+](=O)[O-])ccc2OC)c1. The Bertz CT molecular complexity index is 971. The number of benzene rings is 2. The van der Waals surface area contributed by atoms with Crippen LogP contribution in [0.2, 0.25) is 0 Å². The van der Waals surface area contributed by atoms with Crippen molar-refractivity contribution in [1.29, 1.82) is 0 Å². The molecule has 0 atom stereocenters. The third kappa shape index (κ3) is 3.91. The van der Waals surface area contributed by atoms with Crippen molar-refractivity contribution in [3.05, 3.63) is 57.6 Å². The number of sulfonamides is 1. The molecular formula is C16H16N2O7S. The van der Waals surface area contributed by atoms with Crippen LogP contribution in [0.4, 0.5) is 11.4 Å². The number of anilines is 1. The van der Waals surface area contributed by atoms with Crippen LogP contribution in [-0.4, -0.2) is 33.5 Å². The lowest BCUT2D eigenvalue weighted by Gasteiger charge is -2.14. The van der Waals surface area contributed by atoms with Crippen molar-refractivity contribution in [3.8, 4) is 5.75 Å². The summed E-state index contributed by atoms with van der Waals surface area (Å²) in [6.45, 7) is 1.56. The summed E-state index contributed by atoms with van der Waals surface area (Å²) < 4.78 is 37.4. The van der Waals surface area contributed by atoms with Crippen LogP contribution in [0.25, 0.3) is 0 Å². The van der Waals surface area contributed by atoms with Gasteiger partial charge < -0.3 is 9.47 Å². The van der Waals surface area contributed by atoms with Gasteiger partial charge in [-0.05, 0) is 30.7 Å². The predicted molar refractivity (Wildman–Crippen MR) is 93.0 cm³/mol. The summed E-state index contributed by atoms with van der Waals surface area (Å²) in [5.74, 6) is -0.574. The van der Waals surface area contributed by atoms with Crippen LogP contribution in [0.1, 0.15) is 15.9 Å². The van der Waals surface area contributed by atoms with E-state index in [1.165, 1.54) is 44.6 Å². The third-order valence-electron chi connectivity index (χ3n) is 3.54. The van der Waals surface area contributed by atoms with Crippen LogP contribution in [0.15, 0.2) is 41.3 Å². The highest BCUT2D eigenvalue weighted by Crippen LogP contribution is 2.31. The average molecular weight is 380 g/mol. The van der Waals surface area contributed by atoms with E-state index in [1.807, 2.05) is 0 Å². The van der Waals surface area contributed by atoms with Crippen LogP contribution >= 0.6 is 0 Å². The quantitative estimate of drug-likeness (QED) is 0.464. The van der Waals surface area contributed by atoms with E-state index in [0.717, 1.165) is 6.07 Å². The molecule has 0 saturated carbocycles. The largest absolute Gasteiger partial charge is 0.495 e. The van der Waals surface area contributed by atoms with E-state index in [1.54, 1.807) is 6.92 Å². The minimum atomic E-state index is -4.14. The molecule has 138 valence electrons. The Hall–Kier alpha value is -3.14. The number of esters is 1.